The summed E-state index contributed by atoms with van der Waals surface area (Å²) in [5.74, 6) is 0.216. The Kier molecular flexibility index (Phi) is 14.3. The number of thiol groups is 3. The van der Waals surface area contributed by atoms with Gasteiger partial charge in [0.05, 0.1) is 18.3 Å². The van der Waals surface area contributed by atoms with Crippen LogP contribution in [0.4, 0.5) is 0 Å². The van der Waals surface area contributed by atoms with Crippen molar-refractivity contribution in [1.29, 1.82) is 0 Å². The lowest BCUT2D eigenvalue weighted by molar-refractivity contribution is -0.162. The smallest absolute Gasteiger partial charge is 0.306 e. The fourth-order valence-corrected chi connectivity index (χ4v) is 2.45. The number of hydrogen-bond donors (Lipinski definition) is 3. The molecule has 25 heavy (non-hydrogen) atoms. The Morgan fingerprint density at radius 1 is 0.760 bits per heavy atom. The summed E-state index contributed by atoms with van der Waals surface area (Å²) in [4.78, 5) is 34.9. The molecule has 0 atom stereocenters. The van der Waals surface area contributed by atoms with E-state index in [1.54, 1.807) is 6.92 Å². The first-order chi connectivity index (χ1) is 11.9. The summed E-state index contributed by atoms with van der Waals surface area (Å²) in [6.07, 6.45) is 1.83. The highest BCUT2D eigenvalue weighted by Gasteiger charge is 2.35. The lowest BCUT2D eigenvalue weighted by Crippen LogP contribution is -2.39. The standard InChI is InChI=1S/C16H28O6S3/c1-2-13(17)20-10-16(6-3-7-23,11-21-14(18)4-8-24)12-22-15(19)5-9-25/h23-25H,2-12H2,1H3. The van der Waals surface area contributed by atoms with E-state index in [9.17, 15) is 14.4 Å². The first kappa shape index (κ1) is 24.5. The van der Waals surface area contributed by atoms with Gasteiger partial charge >= 0.3 is 17.9 Å². The Balaban J connectivity index is 5.06. The molecule has 0 unspecified atom stereocenters. The van der Waals surface area contributed by atoms with E-state index in [1.165, 1.54) is 0 Å². The largest absolute Gasteiger partial charge is 0.465 e. The molecule has 0 N–H and O–H groups in total. The SMILES string of the molecule is CCC(=O)OCC(CCCS)(COC(=O)CCS)COC(=O)CCS. The molecule has 0 aliphatic carbocycles. The molecule has 0 fully saturated rings. The molecule has 146 valence electrons. The van der Waals surface area contributed by atoms with Crippen LogP contribution >= 0.6 is 37.9 Å². The quantitative estimate of drug-likeness (QED) is 0.231. The summed E-state index contributed by atoms with van der Waals surface area (Å²) in [6, 6.07) is 0. The van der Waals surface area contributed by atoms with E-state index in [0.29, 0.717) is 30.1 Å². The van der Waals surface area contributed by atoms with E-state index < -0.39 is 17.4 Å². The van der Waals surface area contributed by atoms with Crippen molar-refractivity contribution in [1.82, 2.24) is 0 Å². The minimum atomic E-state index is -0.786. The van der Waals surface area contributed by atoms with E-state index >= 15 is 0 Å². The van der Waals surface area contributed by atoms with E-state index in [-0.39, 0.29) is 45.1 Å². The molecule has 0 saturated carbocycles. The molecule has 0 rings (SSSR count). The molecule has 0 radical (unpaired) electrons. The number of ether oxygens (including phenoxy) is 3. The molecule has 0 spiro atoms. The second-order valence-electron chi connectivity index (χ2n) is 5.61. The van der Waals surface area contributed by atoms with E-state index in [2.05, 4.69) is 37.9 Å². The molecule has 0 aromatic heterocycles. The predicted molar refractivity (Wildman–Crippen MR) is 106 cm³/mol. The van der Waals surface area contributed by atoms with Crippen LogP contribution in [0.25, 0.3) is 0 Å². The molecule has 0 amide bonds. The molecular formula is C16H28O6S3. The molecule has 0 saturated heterocycles. The van der Waals surface area contributed by atoms with Crippen LogP contribution in [-0.4, -0.2) is 55.0 Å². The van der Waals surface area contributed by atoms with Crippen LogP contribution in [0.1, 0.15) is 39.0 Å². The Morgan fingerprint density at radius 2 is 1.20 bits per heavy atom. The number of carbonyl (C=O) groups excluding carboxylic acids is 3. The van der Waals surface area contributed by atoms with Crippen LogP contribution in [0, 0.1) is 5.41 Å². The Bertz CT molecular complexity index is 395. The maximum atomic E-state index is 11.7. The molecule has 0 aromatic rings. The van der Waals surface area contributed by atoms with Gasteiger partial charge < -0.3 is 14.2 Å². The van der Waals surface area contributed by atoms with Crippen molar-refractivity contribution in [3.8, 4) is 0 Å². The van der Waals surface area contributed by atoms with Crippen LogP contribution in [-0.2, 0) is 28.6 Å². The van der Waals surface area contributed by atoms with Crippen molar-refractivity contribution < 1.29 is 28.6 Å². The topological polar surface area (TPSA) is 78.9 Å². The van der Waals surface area contributed by atoms with E-state index in [0.717, 1.165) is 0 Å². The monoisotopic (exact) mass is 412 g/mol. The van der Waals surface area contributed by atoms with Crippen LogP contribution in [0.15, 0.2) is 0 Å². The molecule has 0 heterocycles. The van der Waals surface area contributed by atoms with E-state index in [1.807, 2.05) is 0 Å². The van der Waals surface area contributed by atoms with Gasteiger partial charge in [0.25, 0.3) is 0 Å². The van der Waals surface area contributed by atoms with Gasteiger partial charge in [-0.2, -0.15) is 37.9 Å². The van der Waals surface area contributed by atoms with Gasteiger partial charge in [-0.25, -0.2) is 0 Å². The van der Waals surface area contributed by atoms with Crippen molar-refractivity contribution in [3.05, 3.63) is 0 Å². The summed E-state index contributed by atoms with van der Waals surface area (Å²) in [5, 5.41) is 0. The van der Waals surface area contributed by atoms with Crippen molar-refractivity contribution in [2.75, 3.05) is 37.1 Å². The predicted octanol–water partition coefficient (Wildman–Crippen LogP) is 2.36. The molecule has 6 nitrogen and oxygen atoms in total. The van der Waals surface area contributed by atoms with Gasteiger partial charge in [-0.3, -0.25) is 14.4 Å². The minimum Gasteiger partial charge on any atom is -0.465 e. The first-order valence-corrected chi connectivity index (χ1v) is 10.1. The lowest BCUT2D eigenvalue weighted by Gasteiger charge is -2.32. The zero-order valence-corrected chi connectivity index (χ0v) is 17.3. The zero-order chi connectivity index (χ0) is 19.1. The van der Waals surface area contributed by atoms with Crippen molar-refractivity contribution in [2.24, 2.45) is 5.41 Å². The normalized spacial score (nSPS) is 11.0. The highest BCUT2D eigenvalue weighted by molar-refractivity contribution is 7.80. The third-order valence-electron chi connectivity index (χ3n) is 3.40. The summed E-state index contributed by atoms with van der Waals surface area (Å²) in [5.41, 5.74) is -0.786. The number of rotatable bonds is 14. The van der Waals surface area contributed by atoms with Crippen molar-refractivity contribution in [3.63, 3.8) is 0 Å². The van der Waals surface area contributed by atoms with Gasteiger partial charge in [-0.1, -0.05) is 6.92 Å². The third kappa shape index (κ3) is 11.6. The summed E-state index contributed by atoms with van der Waals surface area (Å²) < 4.78 is 15.8. The maximum absolute atomic E-state index is 11.7. The summed E-state index contributed by atoms with van der Waals surface area (Å²) >= 11 is 12.2. The molecular weight excluding hydrogens is 384 g/mol. The minimum absolute atomic E-state index is 0.00145. The van der Waals surface area contributed by atoms with Gasteiger partial charge in [0.2, 0.25) is 0 Å². The second-order valence-corrected chi connectivity index (χ2v) is 6.95. The summed E-state index contributed by atoms with van der Waals surface area (Å²) in [6.45, 7) is 1.70. The van der Waals surface area contributed by atoms with Gasteiger partial charge in [-0.05, 0) is 18.6 Å². The second kappa shape index (κ2) is 14.6. The molecule has 0 aliphatic rings. The van der Waals surface area contributed by atoms with Gasteiger partial charge in [-0.15, -0.1) is 0 Å². The fraction of sp³-hybridized carbons (Fsp3) is 0.812. The average molecular weight is 413 g/mol. The highest BCUT2D eigenvalue weighted by Crippen LogP contribution is 2.27. The third-order valence-corrected chi connectivity index (χ3v) is 4.17. The fourth-order valence-electron chi connectivity index (χ4n) is 1.93. The number of hydrogen-bond acceptors (Lipinski definition) is 9. The maximum Gasteiger partial charge on any atom is 0.306 e. The Labute approximate surface area is 166 Å². The molecule has 9 heteroatoms. The highest BCUT2D eigenvalue weighted by atomic mass is 32.1. The van der Waals surface area contributed by atoms with Crippen LogP contribution in [0.5, 0.6) is 0 Å². The van der Waals surface area contributed by atoms with Crippen molar-refractivity contribution >= 4 is 55.8 Å². The van der Waals surface area contributed by atoms with Crippen LogP contribution in [0.3, 0.4) is 0 Å². The van der Waals surface area contributed by atoms with Gasteiger partial charge in [0, 0.05) is 17.9 Å². The molecule has 0 aliphatic heterocycles. The Morgan fingerprint density at radius 3 is 1.56 bits per heavy atom. The Hall–Kier alpha value is -0.540. The van der Waals surface area contributed by atoms with Gasteiger partial charge in [0.15, 0.2) is 0 Å². The van der Waals surface area contributed by atoms with Crippen LogP contribution < -0.4 is 0 Å². The lowest BCUT2D eigenvalue weighted by atomic mass is 9.85. The summed E-state index contributed by atoms with van der Waals surface area (Å²) in [7, 11) is 0. The van der Waals surface area contributed by atoms with Crippen LogP contribution in [0.2, 0.25) is 0 Å². The molecule has 0 aromatic carbocycles. The average Bonchev–Trinajstić information content (AvgIpc) is 2.60. The molecule has 0 bridgehead atoms. The first-order valence-electron chi connectivity index (χ1n) is 8.22. The van der Waals surface area contributed by atoms with Gasteiger partial charge in [0.1, 0.15) is 19.8 Å². The van der Waals surface area contributed by atoms with Crippen molar-refractivity contribution in [2.45, 2.75) is 39.0 Å². The van der Waals surface area contributed by atoms with E-state index in [4.69, 9.17) is 14.2 Å². The number of carbonyl (C=O) groups is 3. The zero-order valence-electron chi connectivity index (χ0n) is 14.6. The number of esters is 3.